The van der Waals surface area contributed by atoms with Gasteiger partial charge in [0.1, 0.15) is 5.82 Å². The molecule has 3 heterocycles. The lowest BCUT2D eigenvalue weighted by Gasteiger charge is -2.34. The Labute approximate surface area is 249 Å². The predicted octanol–water partition coefficient (Wildman–Crippen LogP) is 6.36. The first-order valence-corrected chi connectivity index (χ1v) is 14.2. The first kappa shape index (κ1) is 29.5. The largest absolute Gasteiger partial charge is 0.453 e. The predicted molar refractivity (Wildman–Crippen MR) is 160 cm³/mol. The normalized spacial score (nSPS) is 18.7. The zero-order valence-electron chi connectivity index (χ0n) is 24.2. The van der Waals surface area contributed by atoms with Crippen molar-refractivity contribution in [3.8, 4) is 17.2 Å². The Kier molecular flexibility index (Phi) is 8.53. The lowest BCUT2D eigenvalue weighted by atomic mass is 9.90. The second-order valence-electron chi connectivity index (χ2n) is 10.9. The van der Waals surface area contributed by atoms with Crippen LogP contribution in [0, 0.1) is 30.0 Å². The van der Waals surface area contributed by atoms with Gasteiger partial charge in [-0.1, -0.05) is 25.5 Å². The summed E-state index contributed by atoms with van der Waals surface area (Å²) in [6.45, 7) is 3.82. The molecule has 2 N–H and O–H groups in total. The monoisotopic (exact) mass is 581 g/mol. The highest BCUT2D eigenvalue weighted by molar-refractivity contribution is 5.99. The summed E-state index contributed by atoms with van der Waals surface area (Å²) in [5.74, 6) is -1.23. The molecule has 0 unspecified atom stereocenters. The maximum absolute atomic E-state index is 15.1. The van der Waals surface area contributed by atoms with Gasteiger partial charge in [0.25, 0.3) is 0 Å². The molecule has 0 spiro atoms. The molecule has 3 amide bonds. The van der Waals surface area contributed by atoms with E-state index in [0.29, 0.717) is 60.4 Å². The Bertz CT molecular complexity index is 1680. The minimum atomic E-state index is -0.626. The van der Waals surface area contributed by atoms with Gasteiger partial charge in [0.2, 0.25) is 11.8 Å². The van der Waals surface area contributed by atoms with E-state index < -0.39 is 11.9 Å². The molecular formula is C33H32FN5O4. The van der Waals surface area contributed by atoms with Gasteiger partial charge in [-0.15, -0.1) is 0 Å². The number of fused-ring (bicyclic) bond motifs is 4. The molecule has 9 nitrogen and oxygen atoms in total. The number of nitrogens with zero attached hydrogens (tertiary/aromatic N) is 3. The molecule has 0 aliphatic carbocycles. The first-order chi connectivity index (χ1) is 20.7. The number of carbonyl (C=O) groups is 3. The second kappa shape index (κ2) is 12.4. The molecule has 0 radical (unpaired) electrons. The molecule has 0 saturated carbocycles. The van der Waals surface area contributed by atoms with E-state index in [4.69, 9.17) is 4.74 Å². The molecule has 2 atom stereocenters. The molecule has 2 bridgehead atoms. The van der Waals surface area contributed by atoms with E-state index in [9.17, 15) is 19.6 Å². The van der Waals surface area contributed by atoms with Gasteiger partial charge in [0.15, 0.2) is 0 Å². The van der Waals surface area contributed by atoms with Gasteiger partial charge in [-0.05, 0) is 73.2 Å². The number of hydrogen-bond donors (Lipinski definition) is 2. The third-order valence-electron chi connectivity index (χ3n) is 8.06. The highest BCUT2D eigenvalue weighted by Crippen LogP contribution is 2.37. The number of amides is 3. The van der Waals surface area contributed by atoms with Gasteiger partial charge in [-0.3, -0.25) is 19.9 Å². The van der Waals surface area contributed by atoms with E-state index in [-0.39, 0.29) is 34.9 Å². The van der Waals surface area contributed by atoms with Gasteiger partial charge >= 0.3 is 6.09 Å². The van der Waals surface area contributed by atoms with Crippen molar-refractivity contribution in [2.75, 3.05) is 24.3 Å². The number of hydrogen-bond acceptors (Lipinski definition) is 6. The molecule has 3 aromatic rings. The topological polar surface area (TPSA) is 124 Å². The average molecular weight is 582 g/mol. The Balaban J connectivity index is 1.53. The van der Waals surface area contributed by atoms with Crippen LogP contribution < -0.4 is 10.6 Å². The Hall–Kier alpha value is -5.04. The summed E-state index contributed by atoms with van der Waals surface area (Å²) in [5, 5.41) is 15.2. The number of aromatic nitrogens is 1. The van der Waals surface area contributed by atoms with Crippen molar-refractivity contribution in [3.05, 3.63) is 82.9 Å². The van der Waals surface area contributed by atoms with Crippen LogP contribution >= 0.6 is 0 Å². The highest BCUT2D eigenvalue weighted by atomic mass is 19.1. The van der Waals surface area contributed by atoms with Crippen LogP contribution in [0.2, 0.25) is 0 Å². The number of aryl methyl sites for hydroxylation is 1. The SMILES string of the molecule is COC(=O)Nc1ccc2c(c1)NC(=O)[C@H](C)CCC[C@H](N1CCC(c3c(C#N)ccc(C)c3F)=CC1=O)c1cc-2ccn1. The third kappa shape index (κ3) is 6.11. The molecule has 2 aromatic carbocycles. The zero-order valence-corrected chi connectivity index (χ0v) is 24.2. The van der Waals surface area contributed by atoms with Crippen molar-refractivity contribution in [2.24, 2.45) is 5.92 Å². The number of halogens is 1. The van der Waals surface area contributed by atoms with E-state index in [1.54, 1.807) is 48.4 Å². The maximum Gasteiger partial charge on any atom is 0.411 e. The maximum atomic E-state index is 15.1. The molecule has 5 rings (SSSR count). The second-order valence-corrected chi connectivity index (χ2v) is 10.9. The van der Waals surface area contributed by atoms with Crippen molar-refractivity contribution in [1.82, 2.24) is 9.88 Å². The first-order valence-electron chi connectivity index (χ1n) is 14.2. The lowest BCUT2D eigenvalue weighted by Crippen LogP contribution is -2.38. The van der Waals surface area contributed by atoms with Gasteiger partial charge in [0.05, 0.1) is 36.2 Å². The summed E-state index contributed by atoms with van der Waals surface area (Å²) >= 11 is 0. The molecular weight excluding hydrogens is 549 g/mol. The molecule has 2 aliphatic heterocycles. The smallest absolute Gasteiger partial charge is 0.411 e. The fraction of sp³-hybridized carbons (Fsp3) is 0.303. The summed E-state index contributed by atoms with van der Waals surface area (Å²) in [4.78, 5) is 45.0. The third-order valence-corrected chi connectivity index (χ3v) is 8.06. The van der Waals surface area contributed by atoms with Gasteiger partial charge in [-0.25, -0.2) is 9.18 Å². The number of nitriles is 1. The molecule has 2 aliphatic rings. The summed E-state index contributed by atoms with van der Waals surface area (Å²) in [6.07, 6.45) is 4.70. The van der Waals surface area contributed by atoms with E-state index in [2.05, 4.69) is 15.6 Å². The van der Waals surface area contributed by atoms with E-state index in [0.717, 1.165) is 11.1 Å². The Morgan fingerprint density at radius 2 is 2.00 bits per heavy atom. The summed E-state index contributed by atoms with van der Waals surface area (Å²) in [7, 11) is 1.27. The van der Waals surface area contributed by atoms with Crippen LogP contribution in [-0.4, -0.2) is 41.4 Å². The summed E-state index contributed by atoms with van der Waals surface area (Å²) in [6, 6.07) is 13.8. The van der Waals surface area contributed by atoms with E-state index >= 15 is 4.39 Å². The van der Waals surface area contributed by atoms with E-state index in [1.807, 2.05) is 25.1 Å². The minimum absolute atomic E-state index is 0.155. The number of methoxy groups -OCH3 is 1. The van der Waals surface area contributed by atoms with Crippen molar-refractivity contribution in [2.45, 2.75) is 45.6 Å². The van der Waals surface area contributed by atoms with Crippen LogP contribution in [0.3, 0.4) is 0 Å². The number of nitrogens with one attached hydrogen (secondary N) is 2. The Morgan fingerprint density at radius 1 is 1.19 bits per heavy atom. The van der Waals surface area contributed by atoms with Gasteiger partial charge in [0, 0.05) is 41.5 Å². The number of anilines is 2. The summed E-state index contributed by atoms with van der Waals surface area (Å²) in [5.41, 5.74) is 4.50. The molecule has 43 heavy (non-hydrogen) atoms. The van der Waals surface area contributed by atoms with Crippen LogP contribution in [0.5, 0.6) is 0 Å². The van der Waals surface area contributed by atoms with Crippen LogP contribution in [-0.2, 0) is 14.3 Å². The lowest BCUT2D eigenvalue weighted by molar-refractivity contribution is -0.129. The summed E-state index contributed by atoms with van der Waals surface area (Å²) < 4.78 is 19.8. The van der Waals surface area contributed by atoms with Gasteiger partial charge in [-0.2, -0.15) is 5.26 Å². The van der Waals surface area contributed by atoms with Crippen LogP contribution in [0.1, 0.15) is 61.0 Å². The van der Waals surface area contributed by atoms with Crippen LogP contribution in [0.25, 0.3) is 16.7 Å². The van der Waals surface area contributed by atoms with E-state index in [1.165, 1.54) is 13.2 Å². The van der Waals surface area contributed by atoms with Crippen molar-refractivity contribution in [3.63, 3.8) is 0 Å². The average Bonchev–Trinajstić information content (AvgIpc) is 3.00. The number of ether oxygens (including phenoxy) is 1. The number of benzene rings is 2. The minimum Gasteiger partial charge on any atom is -0.453 e. The fourth-order valence-corrected chi connectivity index (χ4v) is 5.66. The van der Waals surface area contributed by atoms with Crippen molar-refractivity contribution < 1.29 is 23.5 Å². The zero-order chi connectivity index (χ0) is 30.7. The fourth-order valence-electron chi connectivity index (χ4n) is 5.66. The molecule has 1 aromatic heterocycles. The number of carbonyl (C=O) groups excluding carboxylic acids is 3. The Morgan fingerprint density at radius 3 is 2.74 bits per heavy atom. The number of rotatable bonds is 3. The highest BCUT2D eigenvalue weighted by Gasteiger charge is 2.31. The quantitative estimate of drug-likeness (QED) is 0.371. The van der Waals surface area contributed by atoms with Crippen LogP contribution in [0.4, 0.5) is 20.6 Å². The van der Waals surface area contributed by atoms with Crippen molar-refractivity contribution >= 4 is 34.9 Å². The van der Waals surface area contributed by atoms with Gasteiger partial charge < -0.3 is 15.0 Å². The van der Waals surface area contributed by atoms with Crippen LogP contribution in [0.15, 0.2) is 54.7 Å². The molecule has 0 saturated heterocycles. The molecule has 0 fully saturated rings. The number of pyridine rings is 1. The standard InChI is InChI=1S/C33H32FN5O4/c1-19-7-8-23(18-35)30(31(19)34)22-12-14-39(29(40)16-22)28-6-4-5-20(2)32(41)38-26-17-24(37-33(42)43-3)9-10-25(26)21-11-13-36-27(28)15-21/h7-11,13,15-17,20,28H,4-6,12,14H2,1-3H3,(H,37,42)(H,38,41)/t20-,28+/m1/s1. The molecule has 220 valence electrons. The van der Waals surface area contributed by atoms with Crippen molar-refractivity contribution in [1.29, 1.82) is 5.26 Å². The molecule has 10 heteroatoms.